The molecule has 4 heteroatoms. The molecule has 122 valence electrons. The van der Waals surface area contributed by atoms with Crippen LogP contribution in [0.4, 0.5) is 0 Å². The van der Waals surface area contributed by atoms with Gasteiger partial charge in [0.25, 0.3) is 0 Å². The number of hydrogen-bond acceptors (Lipinski definition) is 4. The summed E-state index contributed by atoms with van der Waals surface area (Å²) in [5.74, 6) is -0.243. The zero-order chi connectivity index (χ0) is 16.5. The Hall–Kier alpha value is -2.62. The Morgan fingerprint density at radius 1 is 0.958 bits per heavy atom. The molecular weight excluding hydrogens is 304 g/mol. The summed E-state index contributed by atoms with van der Waals surface area (Å²) in [6, 6.07) is 17.5. The van der Waals surface area contributed by atoms with Gasteiger partial charge < -0.3 is 9.47 Å². The monoisotopic (exact) mass is 322 g/mol. The van der Waals surface area contributed by atoms with Gasteiger partial charge in [0.05, 0.1) is 12.0 Å². The van der Waals surface area contributed by atoms with E-state index in [0.29, 0.717) is 24.8 Å². The molecule has 24 heavy (non-hydrogen) atoms. The van der Waals surface area contributed by atoms with E-state index in [1.165, 1.54) is 0 Å². The molecular formula is C20H18O4. The Morgan fingerprint density at radius 2 is 1.67 bits per heavy atom. The van der Waals surface area contributed by atoms with Crippen molar-refractivity contribution in [2.75, 3.05) is 0 Å². The fourth-order valence-corrected chi connectivity index (χ4v) is 3.57. The van der Waals surface area contributed by atoms with Crippen LogP contribution in [-0.2, 0) is 14.3 Å². The number of rotatable bonds is 3. The first-order valence-corrected chi connectivity index (χ1v) is 8.25. The van der Waals surface area contributed by atoms with Gasteiger partial charge in [-0.05, 0) is 29.7 Å². The Kier molecular flexibility index (Phi) is 3.81. The highest BCUT2D eigenvalue weighted by Crippen LogP contribution is 2.38. The molecule has 1 saturated heterocycles. The number of carbonyl (C=O) groups excluding carboxylic acids is 2. The molecule has 1 aliphatic heterocycles. The number of fused-ring (bicyclic) bond motifs is 1. The summed E-state index contributed by atoms with van der Waals surface area (Å²) in [5, 5.41) is 0. The van der Waals surface area contributed by atoms with Gasteiger partial charge in [-0.1, -0.05) is 42.5 Å². The quantitative estimate of drug-likeness (QED) is 0.810. The zero-order valence-electron chi connectivity index (χ0n) is 13.2. The minimum absolute atomic E-state index is 0.0734. The van der Waals surface area contributed by atoms with Crippen molar-refractivity contribution in [2.45, 2.75) is 31.5 Å². The predicted octanol–water partition coefficient (Wildman–Crippen LogP) is 3.60. The van der Waals surface area contributed by atoms with Gasteiger partial charge in [-0.2, -0.15) is 0 Å². The van der Waals surface area contributed by atoms with Crippen molar-refractivity contribution in [3.8, 4) is 11.1 Å². The van der Waals surface area contributed by atoms with Crippen LogP contribution in [0.25, 0.3) is 11.1 Å². The molecule has 2 aromatic carbocycles. The van der Waals surface area contributed by atoms with E-state index >= 15 is 0 Å². The van der Waals surface area contributed by atoms with Gasteiger partial charge in [-0.15, -0.1) is 0 Å². The highest BCUT2D eigenvalue weighted by atomic mass is 16.6. The highest BCUT2D eigenvalue weighted by Gasteiger charge is 2.44. The topological polar surface area (TPSA) is 52.6 Å². The van der Waals surface area contributed by atoms with Gasteiger partial charge in [0, 0.05) is 12.3 Å². The van der Waals surface area contributed by atoms with E-state index in [1.54, 1.807) is 12.1 Å². The summed E-state index contributed by atoms with van der Waals surface area (Å²) in [6.07, 6.45) is 1.55. The van der Waals surface area contributed by atoms with E-state index in [2.05, 4.69) is 0 Å². The van der Waals surface area contributed by atoms with Crippen molar-refractivity contribution in [1.82, 2.24) is 0 Å². The van der Waals surface area contributed by atoms with Crippen molar-refractivity contribution < 1.29 is 19.1 Å². The lowest BCUT2D eigenvalue weighted by Crippen LogP contribution is -2.17. The van der Waals surface area contributed by atoms with Crippen LogP contribution in [0.15, 0.2) is 54.6 Å². The molecule has 1 aliphatic carbocycles. The van der Waals surface area contributed by atoms with Gasteiger partial charge in [-0.3, -0.25) is 4.79 Å². The zero-order valence-corrected chi connectivity index (χ0v) is 13.2. The fourth-order valence-electron chi connectivity index (χ4n) is 3.57. The third-order valence-electron chi connectivity index (χ3n) is 4.80. The van der Waals surface area contributed by atoms with E-state index in [4.69, 9.17) is 9.47 Å². The number of carbonyl (C=O) groups is 2. The molecule has 2 fully saturated rings. The molecule has 1 saturated carbocycles. The number of benzene rings is 2. The number of hydrogen-bond donors (Lipinski definition) is 0. The van der Waals surface area contributed by atoms with Gasteiger partial charge in [0.15, 0.2) is 0 Å². The average Bonchev–Trinajstić information content (AvgIpc) is 3.12. The van der Waals surface area contributed by atoms with Crippen LogP contribution in [-0.4, -0.2) is 24.1 Å². The van der Waals surface area contributed by atoms with E-state index in [0.717, 1.165) is 11.1 Å². The normalized spacial score (nSPS) is 25.2. The molecule has 0 radical (unpaired) electrons. The van der Waals surface area contributed by atoms with E-state index in [1.807, 2.05) is 42.5 Å². The molecule has 0 N–H and O–H groups in total. The first-order valence-electron chi connectivity index (χ1n) is 8.25. The summed E-state index contributed by atoms with van der Waals surface area (Å²) < 4.78 is 10.8. The SMILES string of the molecule is O=C1C[C@@H]2C[C@H](OC(=O)c3ccc(-c4ccccc4)cc3)C[C@@H]2O1. The molecule has 0 spiro atoms. The molecule has 0 aromatic heterocycles. The number of esters is 2. The standard InChI is InChI=1S/C20H18O4/c21-19-11-16-10-17(12-18(16)24-19)23-20(22)15-8-6-14(7-9-15)13-4-2-1-3-5-13/h1-9,16-18H,10-12H2/t16-,17-,18-/m0/s1. The Balaban J connectivity index is 1.40. The predicted molar refractivity (Wildman–Crippen MR) is 88.3 cm³/mol. The third-order valence-corrected chi connectivity index (χ3v) is 4.80. The summed E-state index contributed by atoms with van der Waals surface area (Å²) >= 11 is 0. The molecule has 2 aromatic rings. The Morgan fingerprint density at radius 3 is 2.38 bits per heavy atom. The van der Waals surface area contributed by atoms with Crippen LogP contribution in [0.2, 0.25) is 0 Å². The first kappa shape index (κ1) is 14.9. The molecule has 0 bridgehead atoms. The smallest absolute Gasteiger partial charge is 0.338 e. The Labute approximate surface area is 140 Å². The highest BCUT2D eigenvalue weighted by molar-refractivity contribution is 5.90. The average molecular weight is 322 g/mol. The van der Waals surface area contributed by atoms with Crippen LogP contribution < -0.4 is 0 Å². The molecule has 2 aliphatic rings. The second-order valence-electron chi connectivity index (χ2n) is 6.43. The van der Waals surface area contributed by atoms with Crippen molar-refractivity contribution >= 4 is 11.9 Å². The molecule has 3 atom stereocenters. The summed E-state index contributed by atoms with van der Waals surface area (Å²) in [6.45, 7) is 0. The van der Waals surface area contributed by atoms with Crippen LogP contribution >= 0.6 is 0 Å². The number of ether oxygens (including phenoxy) is 2. The van der Waals surface area contributed by atoms with E-state index in [-0.39, 0.29) is 30.1 Å². The van der Waals surface area contributed by atoms with Gasteiger partial charge in [-0.25, -0.2) is 4.79 Å². The second kappa shape index (κ2) is 6.11. The fraction of sp³-hybridized carbons (Fsp3) is 0.300. The minimum Gasteiger partial charge on any atom is -0.462 e. The van der Waals surface area contributed by atoms with Crippen molar-refractivity contribution in [1.29, 1.82) is 0 Å². The van der Waals surface area contributed by atoms with Gasteiger partial charge in [0.2, 0.25) is 0 Å². The maximum absolute atomic E-state index is 12.3. The van der Waals surface area contributed by atoms with Crippen LogP contribution in [0.5, 0.6) is 0 Å². The van der Waals surface area contributed by atoms with Gasteiger partial charge >= 0.3 is 11.9 Å². The van der Waals surface area contributed by atoms with Crippen LogP contribution in [0.3, 0.4) is 0 Å². The van der Waals surface area contributed by atoms with Crippen LogP contribution in [0.1, 0.15) is 29.6 Å². The van der Waals surface area contributed by atoms with Crippen molar-refractivity contribution in [3.63, 3.8) is 0 Å². The van der Waals surface area contributed by atoms with E-state index < -0.39 is 0 Å². The van der Waals surface area contributed by atoms with Gasteiger partial charge in [0.1, 0.15) is 12.2 Å². The third kappa shape index (κ3) is 2.92. The Bertz CT molecular complexity index is 735. The molecule has 0 unspecified atom stereocenters. The summed E-state index contributed by atoms with van der Waals surface area (Å²) in [7, 11) is 0. The largest absolute Gasteiger partial charge is 0.462 e. The maximum Gasteiger partial charge on any atom is 0.338 e. The van der Waals surface area contributed by atoms with Crippen molar-refractivity contribution in [3.05, 3.63) is 60.2 Å². The van der Waals surface area contributed by atoms with E-state index in [9.17, 15) is 9.59 Å². The second-order valence-corrected chi connectivity index (χ2v) is 6.43. The molecule has 0 amide bonds. The molecule has 4 nitrogen and oxygen atoms in total. The van der Waals surface area contributed by atoms with Crippen LogP contribution in [0, 0.1) is 5.92 Å². The molecule has 1 heterocycles. The maximum atomic E-state index is 12.3. The molecule has 4 rings (SSSR count). The summed E-state index contributed by atoms with van der Waals surface area (Å²) in [4.78, 5) is 23.5. The lowest BCUT2D eigenvalue weighted by Gasteiger charge is -2.13. The lowest BCUT2D eigenvalue weighted by molar-refractivity contribution is -0.141. The van der Waals surface area contributed by atoms with Crippen molar-refractivity contribution in [2.24, 2.45) is 5.92 Å². The summed E-state index contributed by atoms with van der Waals surface area (Å²) in [5.41, 5.74) is 2.72. The lowest BCUT2D eigenvalue weighted by atomic mass is 10.0. The first-order chi connectivity index (χ1) is 11.7. The minimum atomic E-state index is -0.314.